The number of nitrogens with zero attached hydrogens (tertiary/aromatic N) is 2. The molecule has 2 aliphatic heterocycles. The highest BCUT2D eigenvalue weighted by Crippen LogP contribution is 2.33. The summed E-state index contributed by atoms with van der Waals surface area (Å²) in [5.41, 5.74) is 3.89. The van der Waals surface area contributed by atoms with E-state index in [0.717, 1.165) is 37.9 Å². The SMILES string of the molecule is CNC(C)C(=O)NC(C(=O)N1CCCC1c1cc(C(=O)c2cncc(NO)c2)c[nH]1)C1CCCNC1. The van der Waals surface area contributed by atoms with Crippen molar-refractivity contribution in [2.24, 2.45) is 5.92 Å². The molecule has 6 N–H and O–H groups in total. The maximum absolute atomic E-state index is 13.9. The standard InChI is InChI=1S/C25H35N7O4/c1-15(26-2)24(34)30-22(16-5-3-7-27-11-16)25(35)32-8-4-6-21(32)20-10-18(13-29-20)23(33)17-9-19(31-36)14-28-12-17/h9-10,12-16,21-22,26-27,29,31,36H,3-8,11H2,1-2H3,(H,30,34). The number of amides is 2. The smallest absolute Gasteiger partial charge is 0.246 e. The Morgan fingerprint density at radius 1 is 1.17 bits per heavy atom. The van der Waals surface area contributed by atoms with Gasteiger partial charge in [0.2, 0.25) is 11.8 Å². The maximum atomic E-state index is 13.9. The molecule has 0 spiro atoms. The lowest BCUT2D eigenvalue weighted by molar-refractivity contribution is -0.139. The molecule has 2 amide bonds. The summed E-state index contributed by atoms with van der Waals surface area (Å²) in [5, 5.41) is 18.4. The van der Waals surface area contributed by atoms with Crippen LogP contribution in [-0.2, 0) is 9.59 Å². The van der Waals surface area contributed by atoms with Gasteiger partial charge in [0.15, 0.2) is 5.78 Å². The quantitative estimate of drug-likeness (QED) is 0.223. The summed E-state index contributed by atoms with van der Waals surface area (Å²) in [6, 6.07) is 2.07. The summed E-state index contributed by atoms with van der Waals surface area (Å²) in [7, 11) is 1.72. The molecule has 0 saturated carbocycles. The number of carbonyl (C=O) groups excluding carboxylic acids is 3. The Labute approximate surface area is 210 Å². The number of anilines is 1. The van der Waals surface area contributed by atoms with E-state index in [1.807, 2.05) is 10.4 Å². The zero-order chi connectivity index (χ0) is 25.7. The fraction of sp³-hybridized carbons (Fsp3) is 0.520. The monoisotopic (exact) mass is 497 g/mol. The van der Waals surface area contributed by atoms with Crippen molar-refractivity contribution in [2.75, 3.05) is 32.2 Å². The molecule has 0 radical (unpaired) electrons. The average Bonchev–Trinajstić information content (AvgIpc) is 3.61. The van der Waals surface area contributed by atoms with Crippen LogP contribution in [0.1, 0.15) is 60.3 Å². The normalized spacial score (nSPS) is 21.6. The molecule has 2 aromatic rings. The predicted molar refractivity (Wildman–Crippen MR) is 134 cm³/mol. The summed E-state index contributed by atoms with van der Waals surface area (Å²) in [5.74, 6) is -0.506. The summed E-state index contributed by atoms with van der Waals surface area (Å²) in [4.78, 5) is 48.6. The van der Waals surface area contributed by atoms with Gasteiger partial charge in [0.1, 0.15) is 6.04 Å². The number of aromatic amines is 1. The number of hydrogen-bond acceptors (Lipinski definition) is 8. The third-order valence-electron chi connectivity index (χ3n) is 7.19. The zero-order valence-corrected chi connectivity index (χ0v) is 20.7. The first-order chi connectivity index (χ1) is 17.4. The molecule has 11 heteroatoms. The minimum atomic E-state index is -0.613. The van der Waals surface area contributed by atoms with Crippen LogP contribution in [0.5, 0.6) is 0 Å². The Bertz CT molecular complexity index is 1080. The molecule has 0 aromatic carbocycles. The molecule has 2 aromatic heterocycles. The molecule has 0 aliphatic carbocycles. The van der Waals surface area contributed by atoms with Crippen molar-refractivity contribution in [1.29, 1.82) is 0 Å². The second-order valence-corrected chi connectivity index (χ2v) is 9.54. The number of nitrogens with one attached hydrogen (secondary N) is 5. The van der Waals surface area contributed by atoms with Crippen molar-refractivity contribution >= 4 is 23.3 Å². The van der Waals surface area contributed by atoms with E-state index in [0.29, 0.717) is 29.9 Å². The first-order valence-electron chi connectivity index (χ1n) is 12.5. The Morgan fingerprint density at radius 3 is 2.72 bits per heavy atom. The van der Waals surface area contributed by atoms with Crippen LogP contribution < -0.4 is 21.4 Å². The Kier molecular flexibility index (Phi) is 8.34. The third kappa shape index (κ3) is 5.58. The topological polar surface area (TPSA) is 151 Å². The van der Waals surface area contributed by atoms with Gasteiger partial charge >= 0.3 is 0 Å². The fourth-order valence-corrected chi connectivity index (χ4v) is 5.01. The van der Waals surface area contributed by atoms with Crippen molar-refractivity contribution < 1.29 is 19.6 Å². The number of pyridine rings is 1. The molecule has 11 nitrogen and oxygen atoms in total. The lowest BCUT2D eigenvalue weighted by atomic mass is 9.90. The molecule has 194 valence electrons. The molecular formula is C25H35N7O4. The molecule has 0 bridgehead atoms. The van der Waals surface area contributed by atoms with E-state index in [2.05, 4.69) is 25.9 Å². The number of likely N-dealkylation sites (N-methyl/N-ethyl adjacent to an activating group) is 1. The zero-order valence-electron chi connectivity index (χ0n) is 20.7. The van der Waals surface area contributed by atoms with E-state index in [1.54, 1.807) is 26.2 Å². The summed E-state index contributed by atoms with van der Waals surface area (Å²) >= 11 is 0. The second kappa shape index (κ2) is 11.6. The number of ketones is 1. The lowest BCUT2D eigenvalue weighted by Gasteiger charge is -2.35. The number of carbonyl (C=O) groups is 3. The van der Waals surface area contributed by atoms with Crippen LogP contribution in [0.25, 0.3) is 0 Å². The van der Waals surface area contributed by atoms with E-state index < -0.39 is 12.1 Å². The first kappa shape index (κ1) is 25.8. The van der Waals surface area contributed by atoms with Crippen LogP contribution in [0, 0.1) is 5.92 Å². The molecule has 4 rings (SSSR count). The van der Waals surface area contributed by atoms with E-state index in [9.17, 15) is 14.4 Å². The number of hydrogen-bond donors (Lipinski definition) is 6. The highest BCUT2D eigenvalue weighted by atomic mass is 16.5. The van der Waals surface area contributed by atoms with E-state index in [4.69, 9.17) is 5.21 Å². The summed E-state index contributed by atoms with van der Waals surface area (Å²) in [6.45, 7) is 3.96. The lowest BCUT2D eigenvalue weighted by Crippen LogP contribution is -2.57. The van der Waals surface area contributed by atoms with Gasteiger partial charge in [-0.1, -0.05) is 0 Å². The molecule has 4 atom stereocenters. The van der Waals surface area contributed by atoms with Crippen LogP contribution in [0.4, 0.5) is 5.69 Å². The fourth-order valence-electron chi connectivity index (χ4n) is 5.01. The molecule has 2 saturated heterocycles. The number of rotatable bonds is 9. The molecular weight excluding hydrogens is 462 g/mol. The highest BCUT2D eigenvalue weighted by Gasteiger charge is 2.39. The molecule has 4 unspecified atom stereocenters. The van der Waals surface area contributed by atoms with Gasteiger partial charge in [0.05, 0.1) is 24.0 Å². The van der Waals surface area contributed by atoms with Crippen molar-refractivity contribution in [2.45, 2.75) is 50.7 Å². The number of likely N-dealkylation sites (tertiary alicyclic amines) is 1. The summed E-state index contributed by atoms with van der Waals surface area (Å²) < 4.78 is 0. The minimum absolute atomic E-state index is 0.0150. The minimum Gasteiger partial charge on any atom is -0.363 e. The van der Waals surface area contributed by atoms with Crippen LogP contribution in [0.3, 0.4) is 0 Å². The van der Waals surface area contributed by atoms with Crippen LogP contribution in [-0.4, -0.2) is 76.4 Å². The predicted octanol–water partition coefficient (Wildman–Crippen LogP) is 1.20. The van der Waals surface area contributed by atoms with E-state index in [-0.39, 0.29) is 29.6 Å². The van der Waals surface area contributed by atoms with Gasteiger partial charge in [-0.05, 0) is 58.3 Å². The van der Waals surface area contributed by atoms with Crippen LogP contribution in [0.15, 0.2) is 30.7 Å². The number of aromatic nitrogens is 2. The molecule has 2 aliphatic rings. The molecule has 36 heavy (non-hydrogen) atoms. The van der Waals surface area contributed by atoms with Crippen molar-refractivity contribution in [3.05, 3.63) is 47.5 Å². The third-order valence-corrected chi connectivity index (χ3v) is 7.19. The first-order valence-corrected chi connectivity index (χ1v) is 12.5. The molecule has 4 heterocycles. The van der Waals surface area contributed by atoms with E-state index in [1.165, 1.54) is 18.5 Å². The van der Waals surface area contributed by atoms with Crippen LogP contribution in [0.2, 0.25) is 0 Å². The van der Waals surface area contributed by atoms with E-state index >= 15 is 0 Å². The highest BCUT2D eigenvalue weighted by molar-refractivity contribution is 6.09. The summed E-state index contributed by atoms with van der Waals surface area (Å²) in [6.07, 6.45) is 7.92. The largest absolute Gasteiger partial charge is 0.363 e. The van der Waals surface area contributed by atoms with Crippen molar-refractivity contribution in [1.82, 2.24) is 30.8 Å². The number of H-pyrrole nitrogens is 1. The van der Waals surface area contributed by atoms with Gasteiger partial charge in [-0.15, -0.1) is 0 Å². The van der Waals surface area contributed by atoms with Gasteiger partial charge in [-0.25, -0.2) is 0 Å². The van der Waals surface area contributed by atoms with Crippen molar-refractivity contribution in [3.8, 4) is 0 Å². The van der Waals surface area contributed by atoms with Gasteiger partial charge in [-0.2, -0.15) is 0 Å². The van der Waals surface area contributed by atoms with Gasteiger partial charge in [0.25, 0.3) is 0 Å². The maximum Gasteiger partial charge on any atom is 0.246 e. The Morgan fingerprint density at radius 2 is 2.00 bits per heavy atom. The van der Waals surface area contributed by atoms with Crippen LogP contribution >= 0.6 is 0 Å². The second-order valence-electron chi connectivity index (χ2n) is 9.54. The number of piperidine rings is 1. The molecule has 2 fully saturated rings. The Hall–Kier alpha value is -3.28. The average molecular weight is 498 g/mol. The van der Waals surface area contributed by atoms with Gasteiger partial charge < -0.3 is 25.8 Å². The Balaban J connectivity index is 1.53. The van der Waals surface area contributed by atoms with Gasteiger partial charge in [0, 0.05) is 48.2 Å². The van der Waals surface area contributed by atoms with Crippen molar-refractivity contribution in [3.63, 3.8) is 0 Å². The van der Waals surface area contributed by atoms with Gasteiger partial charge in [-0.3, -0.25) is 30.1 Å².